The summed E-state index contributed by atoms with van der Waals surface area (Å²) in [5.74, 6) is 2.49. The maximum Gasteiger partial charge on any atom is 0.0582 e. The zero-order valence-corrected chi connectivity index (χ0v) is 8.17. The van der Waals surface area contributed by atoms with Gasteiger partial charge in [0.2, 0.25) is 0 Å². The summed E-state index contributed by atoms with van der Waals surface area (Å²) in [4.78, 5) is 0. The van der Waals surface area contributed by atoms with Gasteiger partial charge in [-0.1, -0.05) is 17.5 Å². The van der Waals surface area contributed by atoms with E-state index in [4.69, 9.17) is 18.0 Å². The minimum atomic E-state index is 0. The molecule has 0 saturated heterocycles. The quantitative estimate of drug-likeness (QED) is 0.690. The zero-order valence-electron chi connectivity index (χ0n) is 6.60. The van der Waals surface area contributed by atoms with Crippen molar-refractivity contribution in [2.45, 2.75) is 0 Å². The topological polar surface area (TPSA) is 12.0 Å². The van der Waals surface area contributed by atoms with Crippen LogP contribution >= 0.6 is 24.0 Å². The first kappa shape index (κ1) is 11.2. The molecule has 0 fully saturated rings. The van der Waals surface area contributed by atoms with Crippen LogP contribution in [0, 0.1) is 12.3 Å². The number of hydrogen-bond acceptors (Lipinski definition) is 1. The predicted octanol–water partition coefficient (Wildman–Crippen LogP) is 2.78. The van der Waals surface area contributed by atoms with Crippen LogP contribution in [0.15, 0.2) is 18.2 Å². The van der Waals surface area contributed by atoms with Crippen molar-refractivity contribution in [2.24, 2.45) is 0 Å². The molecule has 0 aromatic heterocycles. The summed E-state index contributed by atoms with van der Waals surface area (Å²) in [5.41, 5.74) is 1.69. The number of rotatable bonds is 1. The highest BCUT2D eigenvalue weighted by molar-refractivity contribution is 6.32. The van der Waals surface area contributed by atoms with Crippen molar-refractivity contribution in [1.82, 2.24) is 0 Å². The van der Waals surface area contributed by atoms with Crippen molar-refractivity contribution in [3.8, 4) is 12.3 Å². The monoisotopic (exact) mass is 201 g/mol. The highest BCUT2D eigenvalue weighted by Crippen LogP contribution is 2.19. The van der Waals surface area contributed by atoms with E-state index in [1.165, 1.54) is 0 Å². The van der Waals surface area contributed by atoms with Gasteiger partial charge in [0.1, 0.15) is 0 Å². The second-order valence-corrected chi connectivity index (χ2v) is 2.50. The van der Waals surface area contributed by atoms with Crippen LogP contribution in [-0.2, 0) is 0 Å². The lowest BCUT2D eigenvalue weighted by Gasteiger charge is -2.00. The molecule has 3 heteroatoms. The average Bonchev–Trinajstić information content (AvgIpc) is 2.04. The molecule has 0 aliphatic carbocycles. The van der Waals surface area contributed by atoms with E-state index in [1.807, 2.05) is 19.2 Å². The van der Waals surface area contributed by atoms with E-state index in [9.17, 15) is 0 Å². The molecule has 0 radical (unpaired) electrons. The molecule has 64 valence electrons. The smallest absolute Gasteiger partial charge is 0.0582 e. The summed E-state index contributed by atoms with van der Waals surface area (Å²) < 4.78 is 0. The summed E-state index contributed by atoms with van der Waals surface area (Å²) >= 11 is 5.83. The third-order valence-corrected chi connectivity index (χ3v) is 1.73. The van der Waals surface area contributed by atoms with Gasteiger partial charge in [-0.05, 0) is 18.2 Å². The van der Waals surface area contributed by atoms with Gasteiger partial charge in [0.25, 0.3) is 0 Å². The number of nitrogens with one attached hydrogen (secondary N) is 1. The summed E-state index contributed by atoms with van der Waals surface area (Å²) in [5, 5.41) is 3.58. The minimum Gasteiger partial charge on any atom is -0.388 e. The first-order valence-electron chi connectivity index (χ1n) is 3.22. The minimum absolute atomic E-state index is 0. The van der Waals surface area contributed by atoms with Gasteiger partial charge >= 0.3 is 0 Å². The largest absolute Gasteiger partial charge is 0.388 e. The Morgan fingerprint density at radius 1 is 1.50 bits per heavy atom. The third-order valence-electron chi connectivity index (χ3n) is 1.41. The molecule has 0 saturated carbocycles. The first-order chi connectivity index (χ1) is 5.27. The summed E-state index contributed by atoms with van der Waals surface area (Å²) in [7, 11) is 1.83. The van der Waals surface area contributed by atoms with Crippen molar-refractivity contribution in [3.63, 3.8) is 0 Å². The number of anilines is 1. The molecule has 12 heavy (non-hydrogen) atoms. The standard InChI is InChI=1S/C9H8ClN.ClH/c1-3-7-4-5-8(11-2)6-9(7)10;/h1,4-6,11H,2H3;1H. The van der Waals surface area contributed by atoms with Gasteiger partial charge in [0, 0.05) is 18.3 Å². The number of hydrogen-bond donors (Lipinski definition) is 1. The normalized spacial score (nSPS) is 8.08. The molecule has 0 atom stereocenters. The Morgan fingerprint density at radius 3 is 2.58 bits per heavy atom. The van der Waals surface area contributed by atoms with Gasteiger partial charge < -0.3 is 5.32 Å². The summed E-state index contributed by atoms with van der Waals surface area (Å²) in [6.07, 6.45) is 5.19. The molecule has 0 amide bonds. The fourth-order valence-corrected chi connectivity index (χ4v) is 1.02. The molecule has 1 N–H and O–H groups in total. The van der Waals surface area contributed by atoms with Gasteiger partial charge in [-0.15, -0.1) is 18.8 Å². The summed E-state index contributed by atoms with van der Waals surface area (Å²) in [6.45, 7) is 0. The van der Waals surface area contributed by atoms with E-state index in [0.717, 1.165) is 11.3 Å². The fourth-order valence-electron chi connectivity index (χ4n) is 0.788. The van der Waals surface area contributed by atoms with Crippen LogP contribution in [0.3, 0.4) is 0 Å². The fraction of sp³-hybridized carbons (Fsp3) is 0.111. The van der Waals surface area contributed by atoms with Crippen molar-refractivity contribution in [3.05, 3.63) is 28.8 Å². The van der Waals surface area contributed by atoms with E-state index in [0.29, 0.717) is 5.02 Å². The summed E-state index contributed by atoms with van der Waals surface area (Å²) in [6, 6.07) is 5.51. The van der Waals surface area contributed by atoms with Gasteiger partial charge in [0.05, 0.1) is 5.02 Å². The number of terminal acetylenes is 1. The van der Waals surface area contributed by atoms with Crippen LogP contribution in [0.4, 0.5) is 5.69 Å². The highest BCUT2D eigenvalue weighted by Gasteiger charge is 1.96. The van der Waals surface area contributed by atoms with Gasteiger partial charge in [-0.25, -0.2) is 0 Å². The Kier molecular flexibility index (Phi) is 4.58. The van der Waals surface area contributed by atoms with Crippen LogP contribution < -0.4 is 5.32 Å². The molecule has 0 aliphatic heterocycles. The van der Waals surface area contributed by atoms with E-state index < -0.39 is 0 Å². The van der Waals surface area contributed by atoms with E-state index >= 15 is 0 Å². The molecule has 0 bridgehead atoms. The lowest BCUT2D eigenvalue weighted by atomic mass is 10.2. The molecule has 0 unspecified atom stereocenters. The van der Waals surface area contributed by atoms with E-state index in [2.05, 4.69) is 11.2 Å². The molecular formula is C9H9Cl2N. The Bertz CT molecular complexity index is 302. The third kappa shape index (κ3) is 2.34. The van der Waals surface area contributed by atoms with Crippen molar-refractivity contribution in [2.75, 3.05) is 12.4 Å². The molecule has 1 aromatic carbocycles. The van der Waals surface area contributed by atoms with Crippen LogP contribution in [0.1, 0.15) is 5.56 Å². The van der Waals surface area contributed by atoms with Crippen LogP contribution in [0.25, 0.3) is 0 Å². The van der Waals surface area contributed by atoms with Crippen molar-refractivity contribution < 1.29 is 0 Å². The average molecular weight is 202 g/mol. The maximum atomic E-state index is 5.83. The van der Waals surface area contributed by atoms with Gasteiger partial charge in [0.15, 0.2) is 0 Å². The van der Waals surface area contributed by atoms with Gasteiger partial charge in [-0.2, -0.15) is 0 Å². The Hall–Kier alpha value is -0.840. The Labute approximate surface area is 83.5 Å². The molecule has 1 nitrogen and oxygen atoms in total. The molecule has 1 aromatic rings. The second kappa shape index (κ2) is 4.92. The number of benzene rings is 1. The lowest BCUT2D eigenvalue weighted by molar-refractivity contribution is 1.50. The van der Waals surface area contributed by atoms with Crippen LogP contribution in [-0.4, -0.2) is 7.05 Å². The molecule has 0 heterocycles. The Balaban J connectivity index is 0.00000121. The molecular weight excluding hydrogens is 193 g/mol. The maximum absolute atomic E-state index is 5.83. The predicted molar refractivity (Wildman–Crippen MR) is 56.2 cm³/mol. The van der Waals surface area contributed by atoms with E-state index in [-0.39, 0.29) is 12.4 Å². The molecule has 1 rings (SSSR count). The first-order valence-corrected chi connectivity index (χ1v) is 3.59. The van der Waals surface area contributed by atoms with Gasteiger partial charge in [-0.3, -0.25) is 0 Å². The van der Waals surface area contributed by atoms with Crippen molar-refractivity contribution in [1.29, 1.82) is 0 Å². The van der Waals surface area contributed by atoms with Crippen LogP contribution in [0.2, 0.25) is 5.02 Å². The Morgan fingerprint density at radius 2 is 2.17 bits per heavy atom. The zero-order chi connectivity index (χ0) is 8.27. The van der Waals surface area contributed by atoms with Crippen LogP contribution in [0.5, 0.6) is 0 Å². The lowest BCUT2D eigenvalue weighted by Crippen LogP contribution is -1.87. The number of halogens is 2. The SMILES string of the molecule is C#Cc1ccc(NC)cc1Cl.Cl. The molecule has 0 spiro atoms. The van der Waals surface area contributed by atoms with Crippen molar-refractivity contribution >= 4 is 29.7 Å². The molecule has 0 aliphatic rings. The van der Waals surface area contributed by atoms with E-state index in [1.54, 1.807) is 6.07 Å². The second-order valence-electron chi connectivity index (χ2n) is 2.09. The highest BCUT2D eigenvalue weighted by atomic mass is 35.5.